The highest BCUT2D eigenvalue weighted by Gasteiger charge is 2.26. The molecular weight excluding hydrogens is 461 g/mol. The maximum absolute atomic E-state index is 13.3. The van der Waals surface area contributed by atoms with Gasteiger partial charge >= 0.3 is 6.03 Å². The predicted octanol–water partition coefficient (Wildman–Crippen LogP) is 2.33. The first-order valence-electron chi connectivity index (χ1n) is 10.9. The van der Waals surface area contributed by atoms with Crippen LogP contribution in [0, 0.1) is 5.82 Å². The SMILES string of the molecule is C[C@@H](CO)NS(=O)(=O)c1ccc(CNC(=O)N2CCCc3c2cnn3-c2ccc(F)cc2)cc1. The van der Waals surface area contributed by atoms with Crippen LogP contribution in [0.4, 0.5) is 14.9 Å². The van der Waals surface area contributed by atoms with Crippen molar-refractivity contribution in [2.75, 3.05) is 18.1 Å². The van der Waals surface area contributed by atoms with Crippen LogP contribution in [0.2, 0.25) is 0 Å². The van der Waals surface area contributed by atoms with Crippen molar-refractivity contribution in [3.05, 3.63) is 71.8 Å². The molecule has 1 aromatic heterocycles. The molecule has 0 bridgehead atoms. The van der Waals surface area contributed by atoms with Crippen molar-refractivity contribution in [3.8, 4) is 5.69 Å². The summed E-state index contributed by atoms with van der Waals surface area (Å²) in [6.45, 7) is 2.03. The molecule has 34 heavy (non-hydrogen) atoms. The Labute approximate surface area is 197 Å². The van der Waals surface area contributed by atoms with Crippen LogP contribution < -0.4 is 14.9 Å². The Bertz CT molecular complexity index is 1260. The Morgan fingerprint density at radius 3 is 2.56 bits per heavy atom. The van der Waals surface area contributed by atoms with E-state index in [2.05, 4.69) is 15.1 Å². The number of aliphatic hydroxyl groups is 1. The highest BCUT2D eigenvalue weighted by molar-refractivity contribution is 7.89. The third-order valence-corrected chi connectivity index (χ3v) is 7.16. The fourth-order valence-electron chi connectivity index (χ4n) is 3.80. The van der Waals surface area contributed by atoms with E-state index in [0.717, 1.165) is 29.8 Å². The molecule has 2 heterocycles. The van der Waals surface area contributed by atoms with E-state index in [-0.39, 0.29) is 29.9 Å². The van der Waals surface area contributed by atoms with Crippen molar-refractivity contribution in [1.29, 1.82) is 0 Å². The van der Waals surface area contributed by atoms with Gasteiger partial charge in [-0.2, -0.15) is 5.10 Å². The number of halogens is 1. The number of hydrogen-bond acceptors (Lipinski definition) is 5. The van der Waals surface area contributed by atoms with Crippen LogP contribution in [0.15, 0.2) is 59.6 Å². The lowest BCUT2D eigenvalue weighted by atomic mass is 10.1. The first kappa shape index (κ1) is 23.9. The molecule has 0 radical (unpaired) electrons. The molecule has 1 atom stereocenters. The molecule has 4 rings (SSSR count). The smallest absolute Gasteiger partial charge is 0.322 e. The monoisotopic (exact) mass is 487 g/mol. The number of urea groups is 1. The van der Waals surface area contributed by atoms with E-state index in [9.17, 15) is 17.6 Å². The molecule has 0 spiro atoms. The molecule has 3 N–H and O–H groups in total. The number of carbonyl (C=O) groups excluding carboxylic acids is 1. The van der Waals surface area contributed by atoms with Gasteiger partial charge in [0.05, 0.1) is 34.8 Å². The Kier molecular flexibility index (Phi) is 6.96. The van der Waals surface area contributed by atoms with E-state index < -0.39 is 16.1 Å². The van der Waals surface area contributed by atoms with Gasteiger partial charge in [-0.05, 0) is 61.7 Å². The quantitative estimate of drug-likeness (QED) is 0.473. The van der Waals surface area contributed by atoms with Crippen molar-refractivity contribution in [2.45, 2.75) is 37.2 Å². The van der Waals surface area contributed by atoms with Crippen molar-refractivity contribution in [3.63, 3.8) is 0 Å². The summed E-state index contributed by atoms with van der Waals surface area (Å²) in [7, 11) is -3.73. The standard InChI is InChI=1S/C23H26FN5O4S/c1-16(15-30)27-34(32,33)20-10-4-17(5-11-20)13-25-23(31)28-12-2-3-21-22(28)14-26-29(21)19-8-6-18(24)7-9-19/h4-11,14,16,27,30H,2-3,12-13,15H2,1H3,(H,25,31)/t16-/m0/s1. The fraction of sp³-hybridized carbons (Fsp3) is 0.304. The average Bonchev–Trinajstić information content (AvgIpc) is 3.27. The van der Waals surface area contributed by atoms with Crippen molar-refractivity contribution >= 4 is 21.7 Å². The molecule has 1 aliphatic heterocycles. The topological polar surface area (TPSA) is 117 Å². The van der Waals surface area contributed by atoms with Gasteiger partial charge in [0, 0.05) is 19.1 Å². The van der Waals surface area contributed by atoms with Crippen molar-refractivity contribution in [2.24, 2.45) is 0 Å². The van der Waals surface area contributed by atoms with Gasteiger partial charge in [-0.3, -0.25) is 4.90 Å². The molecule has 2 aromatic carbocycles. The van der Waals surface area contributed by atoms with Crippen LogP contribution in [-0.4, -0.2) is 48.5 Å². The van der Waals surface area contributed by atoms with E-state index in [1.807, 2.05) is 0 Å². The number of aliphatic hydroxyl groups excluding tert-OH is 1. The molecule has 180 valence electrons. The van der Waals surface area contributed by atoms with Crippen molar-refractivity contribution in [1.82, 2.24) is 19.8 Å². The molecule has 0 saturated heterocycles. The molecule has 11 heteroatoms. The van der Waals surface area contributed by atoms with Crippen LogP contribution in [0.3, 0.4) is 0 Å². The molecule has 2 amide bonds. The van der Waals surface area contributed by atoms with Gasteiger partial charge < -0.3 is 10.4 Å². The lowest BCUT2D eigenvalue weighted by molar-refractivity contribution is 0.245. The van der Waals surface area contributed by atoms with E-state index in [1.165, 1.54) is 24.3 Å². The van der Waals surface area contributed by atoms with Crippen LogP contribution >= 0.6 is 0 Å². The van der Waals surface area contributed by atoms with E-state index in [4.69, 9.17) is 5.11 Å². The third kappa shape index (κ3) is 5.11. The lowest BCUT2D eigenvalue weighted by Gasteiger charge is -2.27. The van der Waals surface area contributed by atoms with E-state index in [0.29, 0.717) is 12.2 Å². The van der Waals surface area contributed by atoms with Crippen LogP contribution in [0.5, 0.6) is 0 Å². The largest absolute Gasteiger partial charge is 0.395 e. The molecule has 3 aromatic rings. The number of aromatic nitrogens is 2. The summed E-state index contributed by atoms with van der Waals surface area (Å²) in [6, 6.07) is 11.3. The lowest BCUT2D eigenvalue weighted by Crippen LogP contribution is -2.42. The number of nitrogens with one attached hydrogen (secondary N) is 2. The second kappa shape index (κ2) is 9.92. The highest BCUT2D eigenvalue weighted by Crippen LogP contribution is 2.29. The third-order valence-electron chi connectivity index (χ3n) is 5.56. The number of rotatable bonds is 7. The summed E-state index contributed by atoms with van der Waals surface area (Å²) >= 11 is 0. The maximum atomic E-state index is 13.3. The number of amides is 2. The molecule has 1 aliphatic rings. The summed E-state index contributed by atoms with van der Waals surface area (Å²) in [4.78, 5) is 14.6. The summed E-state index contributed by atoms with van der Waals surface area (Å²) in [6.07, 6.45) is 3.14. The second-order valence-corrected chi connectivity index (χ2v) is 9.84. The number of carbonyl (C=O) groups is 1. The van der Waals surface area contributed by atoms with Gasteiger partial charge in [0.25, 0.3) is 0 Å². The fourth-order valence-corrected chi connectivity index (χ4v) is 5.03. The van der Waals surface area contributed by atoms with E-state index >= 15 is 0 Å². The van der Waals surface area contributed by atoms with Gasteiger partial charge in [0.1, 0.15) is 5.82 Å². The Morgan fingerprint density at radius 2 is 1.88 bits per heavy atom. The van der Waals surface area contributed by atoms with Gasteiger partial charge in [0.2, 0.25) is 10.0 Å². The molecule has 9 nitrogen and oxygen atoms in total. The molecular formula is C23H26FN5O4S. The number of sulfonamides is 1. The predicted molar refractivity (Wildman–Crippen MR) is 125 cm³/mol. The highest BCUT2D eigenvalue weighted by atomic mass is 32.2. The first-order valence-corrected chi connectivity index (χ1v) is 12.4. The van der Waals surface area contributed by atoms with Gasteiger partial charge in [-0.15, -0.1) is 0 Å². The summed E-state index contributed by atoms with van der Waals surface area (Å²) < 4.78 is 42.0. The van der Waals surface area contributed by atoms with Crippen LogP contribution in [0.1, 0.15) is 24.6 Å². The minimum Gasteiger partial charge on any atom is -0.395 e. The Balaban J connectivity index is 1.42. The maximum Gasteiger partial charge on any atom is 0.322 e. The number of anilines is 1. The average molecular weight is 488 g/mol. The number of nitrogens with zero attached hydrogens (tertiary/aromatic N) is 3. The van der Waals surface area contributed by atoms with Gasteiger partial charge in [-0.25, -0.2) is 27.0 Å². The van der Waals surface area contributed by atoms with Crippen molar-refractivity contribution < 1.29 is 22.7 Å². The Hall–Kier alpha value is -3.28. The number of fused-ring (bicyclic) bond motifs is 1. The molecule has 0 unspecified atom stereocenters. The normalized spacial score (nSPS) is 14.5. The van der Waals surface area contributed by atoms with E-state index in [1.54, 1.807) is 47.0 Å². The second-order valence-electron chi connectivity index (χ2n) is 8.13. The van der Waals surface area contributed by atoms with Crippen LogP contribution in [0.25, 0.3) is 5.69 Å². The summed E-state index contributed by atoms with van der Waals surface area (Å²) in [5.74, 6) is -0.326. The zero-order valence-corrected chi connectivity index (χ0v) is 19.4. The minimum absolute atomic E-state index is 0.0803. The molecule has 0 saturated carbocycles. The summed E-state index contributed by atoms with van der Waals surface area (Å²) in [5, 5.41) is 16.3. The van der Waals surface area contributed by atoms with Gasteiger partial charge in [0.15, 0.2) is 0 Å². The first-order chi connectivity index (χ1) is 16.3. The zero-order chi connectivity index (χ0) is 24.3. The summed E-state index contributed by atoms with van der Waals surface area (Å²) in [5.41, 5.74) is 3.05. The molecule has 0 aliphatic carbocycles. The van der Waals surface area contributed by atoms with Gasteiger partial charge in [-0.1, -0.05) is 12.1 Å². The Morgan fingerprint density at radius 1 is 1.18 bits per heavy atom. The number of benzene rings is 2. The zero-order valence-electron chi connectivity index (χ0n) is 18.6. The molecule has 0 fully saturated rings. The van der Waals surface area contributed by atoms with Crippen LogP contribution in [-0.2, 0) is 23.0 Å². The minimum atomic E-state index is -3.73. The number of hydrogen-bond donors (Lipinski definition) is 3.